The Hall–Kier alpha value is -2.98. The van der Waals surface area contributed by atoms with Crippen molar-refractivity contribution in [3.63, 3.8) is 0 Å². The normalized spacial score (nSPS) is 17.5. The van der Waals surface area contributed by atoms with E-state index in [0.29, 0.717) is 16.8 Å². The second kappa shape index (κ2) is 10.1. The smallest absolute Gasteiger partial charge is 0.338 e. The van der Waals surface area contributed by atoms with Crippen molar-refractivity contribution in [1.29, 1.82) is 5.26 Å². The highest BCUT2D eigenvalue weighted by Gasteiger charge is 2.37. The van der Waals surface area contributed by atoms with Gasteiger partial charge < -0.3 is 15.4 Å². The average Bonchev–Trinajstić information content (AvgIpc) is 2.77. The van der Waals surface area contributed by atoms with E-state index in [4.69, 9.17) is 4.74 Å². The number of ether oxygens (including phenoxy) is 1. The number of hydrogen-bond donors (Lipinski definition) is 2. The van der Waals surface area contributed by atoms with Crippen LogP contribution >= 0.6 is 11.8 Å². The first-order chi connectivity index (χ1) is 15.2. The Kier molecular flexibility index (Phi) is 7.47. The van der Waals surface area contributed by atoms with Crippen LogP contribution in [-0.4, -0.2) is 30.3 Å². The Balaban J connectivity index is 1.68. The molecule has 0 bridgehead atoms. The Morgan fingerprint density at radius 2 is 1.97 bits per heavy atom. The van der Waals surface area contributed by atoms with Crippen molar-refractivity contribution in [1.82, 2.24) is 0 Å². The minimum atomic E-state index is -0.387. The third kappa shape index (κ3) is 5.63. The van der Waals surface area contributed by atoms with Gasteiger partial charge in [-0.3, -0.25) is 4.79 Å². The number of rotatable bonds is 7. The first kappa shape index (κ1) is 23.7. The van der Waals surface area contributed by atoms with Gasteiger partial charge in [0.1, 0.15) is 0 Å². The van der Waals surface area contributed by atoms with Crippen LogP contribution in [0.5, 0.6) is 0 Å². The number of fused-ring (bicyclic) bond motifs is 1. The lowest BCUT2D eigenvalue weighted by atomic mass is 9.79. The minimum absolute atomic E-state index is 0.113. The Morgan fingerprint density at radius 1 is 1.25 bits per heavy atom. The first-order valence-corrected chi connectivity index (χ1v) is 11.8. The first-order valence-electron chi connectivity index (χ1n) is 10.7. The molecule has 2 unspecified atom stereocenters. The van der Waals surface area contributed by atoms with Gasteiger partial charge in [-0.2, -0.15) is 17.0 Å². The molecule has 2 N–H and O–H groups in total. The summed E-state index contributed by atoms with van der Waals surface area (Å²) in [6, 6.07) is 14.8. The second-order valence-corrected chi connectivity index (χ2v) is 10.1. The van der Waals surface area contributed by atoms with E-state index in [9.17, 15) is 14.9 Å². The third-order valence-corrected chi connectivity index (χ3v) is 6.82. The number of thioether (sulfide) groups is 1. The fraction of sp³-hybridized carbons (Fsp3) is 0.400. The molecule has 168 valence electrons. The summed E-state index contributed by atoms with van der Waals surface area (Å²) in [7, 11) is 0. The number of nitriles is 1. The van der Waals surface area contributed by atoms with Gasteiger partial charge in [-0.05, 0) is 60.2 Å². The highest BCUT2D eigenvalue weighted by molar-refractivity contribution is 7.99. The molecule has 2 atom stereocenters. The van der Waals surface area contributed by atoms with Crippen molar-refractivity contribution < 1.29 is 14.3 Å². The summed E-state index contributed by atoms with van der Waals surface area (Å²) >= 11 is 1.87. The SMILES string of the molecule is CCSC1CC(C(C)(C)COC(=O)c2ccc(NC(C)=O)cc2)Nc2ccc(C#N)cc21. The van der Waals surface area contributed by atoms with Crippen LogP contribution in [0.25, 0.3) is 0 Å². The monoisotopic (exact) mass is 451 g/mol. The number of nitrogens with one attached hydrogen (secondary N) is 2. The molecule has 0 saturated carbocycles. The fourth-order valence-corrected chi connectivity index (χ4v) is 4.93. The lowest BCUT2D eigenvalue weighted by Gasteiger charge is -2.41. The van der Waals surface area contributed by atoms with Crippen molar-refractivity contribution in [3.05, 3.63) is 59.2 Å². The number of esters is 1. The molecule has 7 heteroatoms. The van der Waals surface area contributed by atoms with E-state index in [2.05, 4.69) is 37.5 Å². The van der Waals surface area contributed by atoms with Crippen LogP contribution in [0.15, 0.2) is 42.5 Å². The number of hydrogen-bond acceptors (Lipinski definition) is 6. The van der Waals surface area contributed by atoms with Gasteiger partial charge in [0.2, 0.25) is 5.91 Å². The molecule has 1 aliphatic heterocycles. The molecule has 1 amide bonds. The molecule has 0 radical (unpaired) electrons. The van der Waals surface area contributed by atoms with Crippen molar-refractivity contribution in [2.24, 2.45) is 5.41 Å². The van der Waals surface area contributed by atoms with Crippen molar-refractivity contribution in [2.75, 3.05) is 23.0 Å². The van der Waals surface area contributed by atoms with Crippen LogP contribution in [0.2, 0.25) is 0 Å². The maximum absolute atomic E-state index is 12.6. The van der Waals surface area contributed by atoms with E-state index in [-0.39, 0.29) is 35.2 Å². The number of benzene rings is 2. The molecular weight excluding hydrogens is 422 g/mol. The molecule has 3 rings (SSSR count). The number of anilines is 2. The zero-order valence-corrected chi connectivity index (χ0v) is 19.7. The maximum atomic E-state index is 12.6. The van der Waals surface area contributed by atoms with E-state index in [1.54, 1.807) is 24.3 Å². The summed E-state index contributed by atoms with van der Waals surface area (Å²) < 4.78 is 5.67. The Bertz CT molecular complexity index is 1030. The number of carbonyl (C=O) groups excluding carboxylic acids is 2. The van der Waals surface area contributed by atoms with Gasteiger partial charge >= 0.3 is 5.97 Å². The van der Waals surface area contributed by atoms with E-state index < -0.39 is 0 Å². The predicted molar refractivity (Wildman–Crippen MR) is 129 cm³/mol. The number of amides is 1. The molecule has 1 heterocycles. The van der Waals surface area contributed by atoms with Crippen LogP contribution in [0.3, 0.4) is 0 Å². The van der Waals surface area contributed by atoms with Gasteiger partial charge in [0.25, 0.3) is 0 Å². The van der Waals surface area contributed by atoms with Crippen LogP contribution in [-0.2, 0) is 9.53 Å². The lowest BCUT2D eigenvalue weighted by Crippen LogP contribution is -2.43. The average molecular weight is 452 g/mol. The van der Waals surface area contributed by atoms with Gasteiger partial charge in [0, 0.05) is 35.0 Å². The Morgan fingerprint density at radius 3 is 2.59 bits per heavy atom. The molecule has 0 fully saturated rings. The van der Waals surface area contributed by atoms with Gasteiger partial charge in [0.15, 0.2) is 0 Å². The topological polar surface area (TPSA) is 91.2 Å². The van der Waals surface area contributed by atoms with Crippen molar-refractivity contribution in [2.45, 2.75) is 45.4 Å². The van der Waals surface area contributed by atoms with Gasteiger partial charge in [-0.1, -0.05) is 20.8 Å². The van der Waals surface area contributed by atoms with E-state index in [0.717, 1.165) is 17.9 Å². The van der Waals surface area contributed by atoms with Crippen molar-refractivity contribution in [3.8, 4) is 6.07 Å². The summed E-state index contributed by atoms with van der Waals surface area (Å²) in [5, 5.41) is 15.8. The van der Waals surface area contributed by atoms with Crippen molar-refractivity contribution >= 4 is 35.0 Å². The zero-order valence-electron chi connectivity index (χ0n) is 18.9. The molecule has 6 nitrogen and oxygen atoms in total. The van der Waals surface area contributed by atoms with E-state index in [1.165, 1.54) is 12.5 Å². The van der Waals surface area contributed by atoms with Gasteiger partial charge in [0.05, 0.1) is 23.8 Å². The summed E-state index contributed by atoms with van der Waals surface area (Å²) in [5.74, 6) is 0.436. The zero-order chi connectivity index (χ0) is 23.3. The molecular formula is C25H29N3O3S. The van der Waals surface area contributed by atoms with Crippen LogP contribution in [0, 0.1) is 16.7 Å². The number of nitrogens with zero attached hydrogens (tertiary/aromatic N) is 1. The molecule has 1 aliphatic rings. The minimum Gasteiger partial charge on any atom is -0.461 e. The van der Waals surface area contributed by atoms with Crippen LogP contribution in [0.4, 0.5) is 11.4 Å². The van der Waals surface area contributed by atoms with Crippen LogP contribution < -0.4 is 10.6 Å². The number of carbonyl (C=O) groups is 2. The molecule has 0 spiro atoms. The third-order valence-electron chi connectivity index (χ3n) is 5.63. The summed E-state index contributed by atoms with van der Waals surface area (Å²) in [5.41, 5.74) is 3.66. The molecule has 0 aliphatic carbocycles. The standard InChI is InChI=1S/C25H29N3O3S/c1-5-32-22-13-23(28-21-11-6-17(14-26)12-20(21)22)25(3,4)15-31-24(30)18-7-9-19(10-8-18)27-16(2)29/h6-12,22-23,28H,5,13,15H2,1-4H3,(H,27,29). The van der Waals surface area contributed by atoms with Gasteiger partial charge in [-0.15, -0.1) is 0 Å². The lowest BCUT2D eigenvalue weighted by molar-refractivity contribution is -0.114. The predicted octanol–water partition coefficient (Wildman–Crippen LogP) is 5.38. The molecule has 0 saturated heterocycles. The largest absolute Gasteiger partial charge is 0.461 e. The van der Waals surface area contributed by atoms with E-state index in [1.807, 2.05) is 30.0 Å². The molecule has 2 aromatic carbocycles. The summed E-state index contributed by atoms with van der Waals surface area (Å²) in [6.07, 6.45) is 0.885. The fourth-order valence-electron chi connectivity index (χ4n) is 3.82. The van der Waals surface area contributed by atoms with Gasteiger partial charge in [-0.25, -0.2) is 4.79 Å². The maximum Gasteiger partial charge on any atom is 0.338 e. The quantitative estimate of drug-likeness (QED) is 0.549. The molecule has 0 aromatic heterocycles. The highest BCUT2D eigenvalue weighted by Crippen LogP contribution is 2.45. The Labute approximate surface area is 193 Å². The van der Waals surface area contributed by atoms with Crippen LogP contribution in [0.1, 0.15) is 60.9 Å². The molecule has 32 heavy (non-hydrogen) atoms. The molecule has 2 aromatic rings. The highest BCUT2D eigenvalue weighted by atomic mass is 32.2. The van der Waals surface area contributed by atoms with E-state index >= 15 is 0 Å². The summed E-state index contributed by atoms with van der Waals surface area (Å²) in [6.45, 7) is 8.04. The summed E-state index contributed by atoms with van der Waals surface area (Å²) in [4.78, 5) is 23.7. The second-order valence-electron chi connectivity index (χ2n) is 8.61.